The maximum Gasteiger partial charge on any atom is 0.216 e. The standard InChI is InChI=1S/C37H42N2O5/c1-28(40)38-22-34(42-24-30-16-8-3-9-17-30)35-37(44-26-32-20-12-5-13-21-32)36(43-25-31-18-10-4-11-19-31)33(39-35)27-41-23-29-14-6-2-7-15-29/h2-21,33-37,39H,22-27H2,1H3,(H,38,40)/t33-,34-,35-,36-,37-/m1/s1. The second-order valence-electron chi connectivity index (χ2n) is 11.1. The first-order chi connectivity index (χ1) is 21.7. The van der Waals surface area contributed by atoms with Gasteiger partial charge in [0.15, 0.2) is 0 Å². The highest BCUT2D eigenvalue weighted by atomic mass is 16.6. The summed E-state index contributed by atoms with van der Waals surface area (Å²) in [6.45, 7) is 4.00. The molecule has 7 heteroatoms. The average molecular weight is 595 g/mol. The number of nitrogens with one attached hydrogen (secondary N) is 2. The van der Waals surface area contributed by atoms with Crippen molar-refractivity contribution in [3.63, 3.8) is 0 Å². The molecule has 2 N–H and O–H groups in total. The fourth-order valence-corrected chi connectivity index (χ4v) is 5.46. The van der Waals surface area contributed by atoms with Gasteiger partial charge in [-0.1, -0.05) is 121 Å². The van der Waals surface area contributed by atoms with E-state index in [9.17, 15) is 4.79 Å². The minimum Gasteiger partial charge on any atom is -0.375 e. The number of carbonyl (C=O) groups is 1. The SMILES string of the molecule is CC(=O)NC[C@@H](OCc1ccccc1)[C@H]1N[C@H](COCc2ccccc2)[C@@H](OCc2ccccc2)[C@@H]1OCc1ccccc1. The molecule has 1 amide bonds. The molecule has 5 rings (SSSR count). The van der Waals surface area contributed by atoms with Crippen LogP contribution >= 0.6 is 0 Å². The van der Waals surface area contributed by atoms with Crippen molar-refractivity contribution in [1.82, 2.24) is 10.6 Å². The molecule has 4 aromatic carbocycles. The van der Waals surface area contributed by atoms with Gasteiger partial charge >= 0.3 is 0 Å². The quantitative estimate of drug-likeness (QED) is 0.180. The van der Waals surface area contributed by atoms with Gasteiger partial charge in [0.1, 0.15) is 12.2 Å². The monoisotopic (exact) mass is 594 g/mol. The van der Waals surface area contributed by atoms with Crippen LogP contribution in [0.25, 0.3) is 0 Å². The Hall–Kier alpha value is -3.85. The molecular formula is C37H42N2O5. The second kappa shape index (κ2) is 16.9. The second-order valence-corrected chi connectivity index (χ2v) is 11.1. The van der Waals surface area contributed by atoms with E-state index in [-0.39, 0.29) is 36.3 Å². The van der Waals surface area contributed by atoms with Crippen LogP contribution < -0.4 is 10.6 Å². The minimum absolute atomic E-state index is 0.113. The zero-order valence-electron chi connectivity index (χ0n) is 25.2. The van der Waals surface area contributed by atoms with Crippen LogP contribution in [0.1, 0.15) is 29.2 Å². The van der Waals surface area contributed by atoms with Crippen LogP contribution in [0, 0.1) is 0 Å². The van der Waals surface area contributed by atoms with Crippen LogP contribution in [0.3, 0.4) is 0 Å². The van der Waals surface area contributed by atoms with Gasteiger partial charge in [0.2, 0.25) is 5.91 Å². The molecule has 4 aromatic rings. The fourth-order valence-electron chi connectivity index (χ4n) is 5.46. The van der Waals surface area contributed by atoms with Crippen molar-refractivity contribution in [3.8, 4) is 0 Å². The van der Waals surface area contributed by atoms with Gasteiger partial charge in [-0.3, -0.25) is 4.79 Å². The molecule has 1 aliphatic rings. The Kier molecular flexibility index (Phi) is 12.1. The van der Waals surface area contributed by atoms with Gasteiger partial charge < -0.3 is 29.6 Å². The summed E-state index contributed by atoms with van der Waals surface area (Å²) in [6.07, 6.45) is -1.10. The molecule has 5 atom stereocenters. The Labute approximate surface area is 260 Å². The minimum atomic E-state index is -0.387. The van der Waals surface area contributed by atoms with Crippen molar-refractivity contribution >= 4 is 5.91 Å². The van der Waals surface area contributed by atoms with E-state index in [4.69, 9.17) is 18.9 Å². The summed E-state index contributed by atoms with van der Waals surface area (Å²) in [5, 5.41) is 6.73. The van der Waals surface area contributed by atoms with E-state index in [0.717, 1.165) is 22.3 Å². The Morgan fingerprint density at radius 3 is 1.61 bits per heavy atom. The Morgan fingerprint density at radius 1 is 0.659 bits per heavy atom. The number of carbonyl (C=O) groups excluding carboxylic acids is 1. The van der Waals surface area contributed by atoms with Crippen molar-refractivity contribution in [2.75, 3.05) is 13.2 Å². The molecule has 1 fully saturated rings. The number of ether oxygens (including phenoxy) is 4. The van der Waals surface area contributed by atoms with Crippen LogP contribution in [0.4, 0.5) is 0 Å². The van der Waals surface area contributed by atoms with Crippen LogP contribution in [-0.2, 0) is 50.2 Å². The molecule has 0 radical (unpaired) electrons. The molecule has 0 aromatic heterocycles. The molecular weight excluding hydrogens is 552 g/mol. The van der Waals surface area contributed by atoms with Crippen LogP contribution in [0.15, 0.2) is 121 Å². The molecule has 1 heterocycles. The van der Waals surface area contributed by atoms with Gasteiger partial charge in [-0.05, 0) is 22.3 Å². The van der Waals surface area contributed by atoms with E-state index < -0.39 is 0 Å². The van der Waals surface area contributed by atoms with Crippen molar-refractivity contribution in [2.24, 2.45) is 0 Å². The molecule has 0 spiro atoms. The lowest BCUT2D eigenvalue weighted by Gasteiger charge is -2.31. The van der Waals surface area contributed by atoms with E-state index in [1.54, 1.807) is 0 Å². The molecule has 1 aliphatic heterocycles. The summed E-state index contributed by atoms with van der Waals surface area (Å²) in [7, 11) is 0. The Bertz CT molecular complexity index is 1370. The number of hydrogen-bond donors (Lipinski definition) is 2. The first-order valence-electron chi connectivity index (χ1n) is 15.2. The highest BCUT2D eigenvalue weighted by Gasteiger charge is 2.48. The summed E-state index contributed by atoms with van der Waals surface area (Å²) in [5.41, 5.74) is 4.31. The average Bonchev–Trinajstić information content (AvgIpc) is 3.41. The maximum absolute atomic E-state index is 12.0. The first-order valence-corrected chi connectivity index (χ1v) is 15.2. The summed E-state index contributed by atoms with van der Waals surface area (Å²) < 4.78 is 26.1. The molecule has 1 saturated heterocycles. The van der Waals surface area contributed by atoms with E-state index in [1.807, 2.05) is 84.9 Å². The Balaban J connectivity index is 1.39. The number of hydrogen-bond acceptors (Lipinski definition) is 6. The van der Waals surface area contributed by atoms with Crippen LogP contribution in [0.2, 0.25) is 0 Å². The molecule has 7 nitrogen and oxygen atoms in total. The van der Waals surface area contributed by atoms with Crippen LogP contribution in [-0.4, -0.2) is 49.5 Å². The number of benzene rings is 4. The zero-order chi connectivity index (χ0) is 30.4. The lowest BCUT2D eigenvalue weighted by molar-refractivity contribution is -0.121. The van der Waals surface area contributed by atoms with E-state index in [1.165, 1.54) is 6.92 Å². The van der Waals surface area contributed by atoms with Crippen molar-refractivity contribution < 1.29 is 23.7 Å². The molecule has 0 saturated carbocycles. The summed E-state index contributed by atoms with van der Waals surface area (Å²) in [4.78, 5) is 12.0. The highest BCUT2D eigenvalue weighted by Crippen LogP contribution is 2.28. The van der Waals surface area contributed by atoms with E-state index in [2.05, 4.69) is 47.0 Å². The van der Waals surface area contributed by atoms with E-state index in [0.29, 0.717) is 39.6 Å². The van der Waals surface area contributed by atoms with Gasteiger partial charge in [0.25, 0.3) is 0 Å². The summed E-state index contributed by atoms with van der Waals surface area (Å²) in [6, 6.07) is 40.0. The maximum atomic E-state index is 12.0. The topological polar surface area (TPSA) is 78.1 Å². The van der Waals surface area contributed by atoms with Crippen molar-refractivity contribution in [1.29, 1.82) is 0 Å². The van der Waals surface area contributed by atoms with Crippen molar-refractivity contribution in [2.45, 2.75) is 63.7 Å². The third-order valence-corrected chi connectivity index (χ3v) is 7.72. The zero-order valence-corrected chi connectivity index (χ0v) is 25.2. The number of amides is 1. The molecule has 230 valence electrons. The predicted octanol–water partition coefficient (Wildman–Crippen LogP) is 5.44. The third-order valence-electron chi connectivity index (χ3n) is 7.72. The normalized spacial score (nSPS) is 20.3. The smallest absolute Gasteiger partial charge is 0.216 e. The largest absolute Gasteiger partial charge is 0.375 e. The molecule has 44 heavy (non-hydrogen) atoms. The van der Waals surface area contributed by atoms with E-state index >= 15 is 0 Å². The highest BCUT2D eigenvalue weighted by molar-refractivity contribution is 5.72. The van der Waals surface area contributed by atoms with Gasteiger partial charge in [-0.25, -0.2) is 0 Å². The summed E-state index contributed by atoms with van der Waals surface area (Å²) in [5.74, 6) is -0.113. The third kappa shape index (κ3) is 9.58. The van der Waals surface area contributed by atoms with Gasteiger partial charge in [0, 0.05) is 13.5 Å². The molecule has 0 bridgehead atoms. The lowest BCUT2D eigenvalue weighted by atomic mass is 10.0. The van der Waals surface area contributed by atoms with Gasteiger partial charge in [0.05, 0.1) is 51.2 Å². The number of rotatable bonds is 16. The van der Waals surface area contributed by atoms with Gasteiger partial charge in [-0.15, -0.1) is 0 Å². The van der Waals surface area contributed by atoms with Crippen LogP contribution in [0.5, 0.6) is 0 Å². The Morgan fingerprint density at radius 2 is 1.11 bits per heavy atom. The van der Waals surface area contributed by atoms with Crippen molar-refractivity contribution in [3.05, 3.63) is 144 Å². The fraction of sp³-hybridized carbons (Fsp3) is 0.324. The molecule has 0 unspecified atom stereocenters. The predicted molar refractivity (Wildman–Crippen MR) is 171 cm³/mol. The van der Waals surface area contributed by atoms with Gasteiger partial charge in [-0.2, -0.15) is 0 Å². The first kappa shape index (κ1) is 31.6. The lowest BCUT2D eigenvalue weighted by Crippen LogP contribution is -2.51. The molecule has 0 aliphatic carbocycles. The summed E-state index contributed by atoms with van der Waals surface area (Å²) >= 11 is 0.